The zero-order valence-corrected chi connectivity index (χ0v) is 31.0. The fraction of sp³-hybridized carbons (Fsp3) is 0.941. The number of nitrogens with one attached hydrogen (secondary N) is 1. The molecule has 0 bridgehead atoms. The van der Waals surface area contributed by atoms with E-state index in [1.807, 2.05) is 20.8 Å². The average molecular weight is 723 g/mol. The van der Waals surface area contributed by atoms with Crippen LogP contribution in [0.1, 0.15) is 72.1 Å². The number of ether oxygens (including phenoxy) is 10. The third kappa shape index (κ3) is 42.1. The van der Waals surface area contributed by atoms with Gasteiger partial charge in [-0.2, -0.15) is 0 Å². The summed E-state index contributed by atoms with van der Waals surface area (Å²) in [6, 6.07) is 0. The molecule has 0 saturated carbocycles. The smallest absolute Gasteiger partial charge is 0.306 e. The topological polar surface area (TPSA) is 187 Å². The highest BCUT2D eigenvalue weighted by molar-refractivity contribution is 5.75. The van der Waals surface area contributed by atoms with Gasteiger partial charge >= 0.3 is 5.97 Å². The molecule has 0 aromatic heterocycles. The van der Waals surface area contributed by atoms with E-state index in [4.69, 9.17) is 52.9 Å². The van der Waals surface area contributed by atoms with Crippen LogP contribution in [0.3, 0.4) is 0 Å². The van der Waals surface area contributed by atoms with E-state index in [0.29, 0.717) is 145 Å². The number of carbonyl (C=O) groups excluding carboxylic acids is 2. The van der Waals surface area contributed by atoms with Gasteiger partial charge in [-0.1, -0.05) is 30.8 Å². The minimum atomic E-state index is -0.421. The van der Waals surface area contributed by atoms with Gasteiger partial charge in [0, 0.05) is 30.8 Å². The maximum Gasteiger partial charge on any atom is 0.306 e. The normalized spacial score (nSPS) is 11.4. The first kappa shape index (κ1) is 47.9. The predicted molar refractivity (Wildman–Crippen MR) is 187 cm³/mol. The van der Waals surface area contributed by atoms with Crippen molar-refractivity contribution >= 4 is 11.9 Å². The molecule has 0 radical (unpaired) electrons. The van der Waals surface area contributed by atoms with Gasteiger partial charge in [-0.3, -0.25) is 9.59 Å². The summed E-state index contributed by atoms with van der Waals surface area (Å²) in [5.74, 6) is -0.0840. The van der Waals surface area contributed by atoms with Gasteiger partial charge in [-0.15, -0.1) is 0 Å². The standard InChI is InChI=1S/C34H66N4O12/c1-34(2,3)50-33(40)11-9-7-5-4-6-8-10-32(39)36-12-14-41-16-18-43-20-22-45-24-26-47-28-30-49-31-29-48-27-25-46-23-21-44-19-17-42-15-13-37-38-35/h4-31H2,1-3H3,(H,36,39). The highest BCUT2D eigenvalue weighted by atomic mass is 16.6. The molecule has 0 heterocycles. The zero-order chi connectivity index (χ0) is 36.6. The van der Waals surface area contributed by atoms with Crippen molar-refractivity contribution in [3.63, 3.8) is 0 Å². The second-order valence-electron chi connectivity index (χ2n) is 12.0. The number of unbranched alkanes of at least 4 members (excludes halogenated alkanes) is 5. The zero-order valence-electron chi connectivity index (χ0n) is 31.0. The Labute approximate surface area is 299 Å². The van der Waals surface area contributed by atoms with Gasteiger partial charge in [-0.25, -0.2) is 0 Å². The van der Waals surface area contributed by atoms with Gasteiger partial charge in [-0.05, 0) is 39.1 Å². The molecule has 0 atom stereocenters. The van der Waals surface area contributed by atoms with E-state index in [2.05, 4.69) is 15.3 Å². The maximum absolute atomic E-state index is 11.9. The Morgan fingerprint density at radius 3 is 1.24 bits per heavy atom. The number of azide groups is 1. The van der Waals surface area contributed by atoms with Gasteiger partial charge < -0.3 is 52.7 Å². The molecule has 0 aromatic rings. The van der Waals surface area contributed by atoms with E-state index in [0.717, 1.165) is 38.5 Å². The molecule has 0 spiro atoms. The van der Waals surface area contributed by atoms with Crippen LogP contribution >= 0.6 is 0 Å². The largest absolute Gasteiger partial charge is 0.460 e. The van der Waals surface area contributed by atoms with Gasteiger partial charge in [0.05, 0.1) is 119 Å². The van der Waals surface area contributed by atoms with Crippen LogP contribution in [0.2, 0.25) is 0 Å². The van der Waals surface area contributed by atoms with Crippen LogP contribution in [0.15, 0.2) is 5.11 Å². The summed E-state index contributed by atoms with van der Waals surface area (Å²) in [4.78, 5) is 26.3. The molecule has 0 unspecified atom stereocenters. The predicted octanol–water partition coefficient (Wildman–Crippen LogP) is 4.02. The molecule has 16 heteroatoms. The summed E-state index contributed by atoms with van der Waals surface area (Å²) in [7, 11) is 0. The van der Waals surface area contributed by atoms with Crippen molar-refractivity contribution in [1.29, 1.82) is 0 Å². The summed E-state index contributed by atoms with van der Waals surface area (Å²) < 4.78 is 54.1. The number of hydrogen-bond acceptors (Lipinski definition) is 13. The van der Waals surface area contributed by atoms with E-state index in [1.165, 1.54) is 0 Å². The summed E-state index contributed by atoms with van der Waals surface area (Å²) in [6.07, 6.45) is 6.85. The molecule has 0 saturated heterocycles. The third-order valence-electron chi connectivity index (χ3n) is 6.40. The number of amides is 1. The minimum absolute atomic E-state index is 0.0479. The molecule has 294 valence electrons. The molecular formula is C34H66N4O12. The van der Waals surface area contributed by atoms with Crippen LogP contribution < -0.4 is 5.32 Å². The van der Waals surface area contributed by atoms with Crippen molar-refractivity contribution in [3.05, 3.63) is 10.4 Å². The summed E-state index contributed by atoms with van der Waals surface area (Å²) in [5.41, 5.74) is 7.72. The van der Waals surface area contributed by atoms with Gasteiger partial charge in [0.2, 0.25) is 5.91 Å². The number of carbonyl (C=O) groups is 2. The Hall–Kier alpha value is -2.11. The van der Waals surface area contributed by atoms with Crippen LogP contribution in [0, 0.1) is 0 Å². The monoisotopic (exact) mass is 722 g/mol. The molecule has 16 nitrogen and oxygen atoms in total. The molecular weight excluding hydrogens is 656 g/mol. The Morgan fingerprint density at radius 1 is 0.520 bits per heavy atom. The molecule has 0 aliphatic rings. The summed E-state index contributed by atoms with van der Waals surface area (Å²) in [6.45, 7) is 14.9. The molecule has 0 aliphatic carbocycles. The van der Waals surface area contributed by atoms with E-state index in [-0.39, 0.29) is 11.9 Å². The summed E-state index contributed by atoms with van der Waals surface area (Å²) in [5, 5.41) is 6.25. The van der Waals surface area contributed by atoms with Crippen molar-refractivity contribution in [2.75, 3.05) is 132 Å². The van der Waals surface area contributed by atoms with Gasteiger partial charge in [0.15, 0.2) is 0 Å². The molecule has 1 N–H and O–H groups in total. The van der Waals surface area contributed by atoms with E-state index in [9.17, 15) is 9.59 Å². The molecule has 50 heavy (non-hydrogen) atoms. The molecule has 0 aliphatic heterocycles. The number of nitrogens with zero attached hydrogens (tertiary/aromatic N) is 3. The van der Waals surface area contributed by atoms with Crippen LogP contribution in [-0.2, 0) is 57.0 Å². The van der Waals surface area contributed by atoms with Crippen molar-refractivity contribution in [3.8, 4) is 0 Å². The lowest BCUT2D eigenvalue weighted by Crippen LogP contribution is -2.27. The first-order valence-corrected chi connectivity index (χ1v) is 18.0. The fourth-order valence-electron chi connectivity index (χ4n) is 4.02. The number of esters is 1. The Kier molecular flexibility index (Phi) is 36.5. The third-order valence-corrected chi connectivity index (χ3v) is 6.40. The van der Waals surface area contributed by atoms with Crippen LogP contribution in [0.4, 0.5) is 0 Å². The van der Waals surface area contributed by atoms with Crippen LogP contribution in [0.25, 0.3) is 10.4 Å². The van der Waals surface area contributed by atoms with Crippen molar-refractivity contribution in [2.45, 2.75) is 77.7 Å². The van der Waals surface area contributed by atoms with Crippen molar-refractivity contribution < 1.29 is 57.0 Å². The van der Waals surface area contributed by atoms with Gasteiger partial charge in [0.25, 0.3) is 0 Å². The maximum atomic E-state index is 11.9. The average Bonchev–Trinajstić information content (AvgIpc) is 3.07. The first-order valence-electron chi connectivity index (χ1n) is 18.0. The first-order chi connectivity index (χ1) is 24.3. The minimum Gasteiger partial charge on any atom is -0.460 e. The highest BCUT2D eigenvalue weighted by Crippen LogP contribution is 2.12. The number of hydrogen-bond donors (Lipinski definition) is 1. The molecule has 0 fully saturated rings. The second-order valence-corrected chi connectivity index (χ2v) is 12.0. The highest BCUT2D eigenvalue weighted by Gasteiger charge is 2.15. The van der Waals surface area contributed by atoms with Crippen LogP contribution in [-0.4, -0.2) is 149 Å². The lowest BCUT2D eigenvalue weighted by atomic mass is 10.1. The SMILES string of the molecule is CC(C)(C)OC(=O)CCCCCCCCC(=O)NCCOCCOCCOCCOCCOCCOCCOCCOCCOCCN=[N+]=[N-]. The fourth-order valence-corrected chi connectivity index (χ4v) is 4.02. The Bertz CT molecular complexity index is 814. The second kappa shape index (κ2) is 38.1. The van der Waals surface area contributed by atoms with Crippen LogP contribution in [0.5, 0.6) is 0 Å². The lowest BCUT2D eigenvalue weighted by molar-refractivity contribution is -0.154. The van der Waals surface area contributed by atoms with Crippen molar-refractivity contribution in [1.82, 2.24) is 5.32 Å². The molecule has 0 rings (SSSR count). The van der Waals surface area contributed by atoms with Crippen molar-refractivity contribution in [2.24, 2.45) is 5.11 Å². The molecule has 1 amide bonds. The summed E-state index contributed by atoms with van der Waals surface area (Å²) >= 11 is 0. The van der Waals surface area contributed by atoms with E-state index < -0.39 is 5.60 Å². The van der Waals surface area contributed by atoms with E-state index >= 15 is 0 Å². The number of rotatable bonds is 39. The molecule has 0 aromatic carbocycles. The van der Waals surface area contributed by atoms with Gasteiger partial charge in [0.1, 0.15) is 5.60 Å². The Balaban J connectivity index is 3.18. The van der Waals surface area contributed by atoms with E-state index in [1.54, 1.807) is 0 Å². The quantitative estimate of drug-likeness (QED) is 0.0316. The Morgan fingerprint density at radius 2 is 0.860 bits per heavy atom. The lowest BCUT2D eigenvalue weighted by Gasteiger charge is -2.19.